The maximum absolute atomic E-state index is 13.0. The minimum Gasteiger partial charge on any atom is -0.493 e. The topological polar surface area (TPSA) is 86.1 Å². The summed E-state index contributed by atoms with van der Waals surface area (Å²) in [7, 11) is 3.02. The Morgan fingerprint density at radius 2 is 2.16 bits per heavy atom. The maximum Gasteiger partial charge on any atom is 0.255 e. The molecular formula is C23H36FN3O4. The molecule has 2 rings (SSSR count). The molecule has 1 heterocycles. The van der Waals surface area contributed by atoms with Gasteiger partial charge in [0.15, 0.2) is 11.5 Å². The van der Waals surface area contributed by atoms with Crippen molar-refractivity contribution in [2.24, 2.45) is 5.73 Å². The van der Waals surface area contributed by atoms with Gasteiger partial charge in [-0.15, -0.1) is 6.58 Å². The highest BCUT2D eigenvalue weighted by Crippen LogP contribution is 2.33. The second kappa shape index (κ2) is 13.3. The molecule has 2 atom stereocenters. The highest BCUT2D eigenvalue weighted by Gasteiger charge is 2.32. The summed E-state index contributed by atoms with van der Waals surface area (Å²) in [5.74, 6) is 0.594. The van der Waals surface area contributed by atoms with Gasteiger partial charge in [-0.3, -0.25) is 14.1 Å². The number of nitrogens with two attached hydrogens (primary N) is 1. The molecule has 1 amide bonds. The molecular weight excluding hydrogens is 401 g/mol. The lowest BCUT2D eigenvalue weighted by molar-refractivity contribution is 0.0593. The molecule has 31 heavy (non-hydrogen) atoms. The summed E-state index contributed by atoms with van der Waals surface area (Å²) >= 11 is 0. The zero-order chi connectivity index (χ0) is 22.6. The van der Waals surface area contributed by atoms with Gasteiger partial charge >= 0.3 is 0 Å². The van der Waals surface area contributed by atoms with E-state index in [0.29, 0.717) is 49.6 Å². The average molecular weight is 438 g/mol. The number of alkyl halides is 1. The molecule has 174 valence electrons. The minimum absolute atomic E-state index is 0.118. The third-order valence-electron chi connectivity index (χ3n) is 5.44. The van der Waals surface area contributed by atoms with E-state index in [1.54, 1.807) is 12.1 Å². The van der Waals surface area contributed by atoms with E-state index in [4.69, 9.17) is 19.9 Å². The smallest absolute Gasteiger partial charge is 0.255 e. The first-order chi connectivity index (χ1) is 15.1. The molecule has 0 radical (unpaired) electrons. The molecule has 1 aromatic carbocycles. The molecule has 1 aromatic rings. The first kappa shape index (κ1) is 25.1. The first-order valence-electron chi connectivity index (χ1n) is 10.8. The summed E-state index contributed by atoms with van der Waals surface area (Å²) in [5.41, 5.74) is 6.77. The number of amides is 1. The van der Waals surface area contributed by atoms with Crippen molar-refractivity contribution in [2.45, 2.75) is 37.8 Å². The van der Waals surface area contributed by atoms with Gasteiger partial charge in [0, 0.05) is 32.3 Å². The van der Waals surface area contributed by atoms with Crippen molar-refractivity contribution in [3.05, 3.63) is 35.9 Å². The van der Waals surface area contributed by atoms with Crippen molar-refractivity contribution in [3.8, 4) is 11.5 Å². The summed E-state index contributed by atoms with van der Waals surface area (Å²) in [6.07, 6.45) is 4.55. The Bertz CT molecular complexity index is 716. The average Bonchev–Trinajstić information content (AvgIpc) is 3.17. The lowest BCUT2D eigenvalue weighted by atomic mass is 10.0. The van der Waals surface area contributed by atoms with E-state index in [2.05, 4.69) is 16.8 Å². The lowest BCUT2D eigenvalue weighted by Crippen LogP contribution is -2.40. The highest BCUT2D eigenvalue weighted by atomic mass is 19.1. The summed E-state index contributed by atoms with van der Waals surface area (Å²) in [5, 5.41) is 3.03. The summed E-state index contributed by atoms with van der Waals surface area (Å²) in [6, 6.07) is 3.69. The largest absolute Gasteiger partial charge is 0.493 e. The molecule has 0 unspecified atom stereocenters. The molecule has 1 saturated heterocycles. The fourth-order valence-corrected chi connectivity index (χ4v) is 3.90. The Balaban J connectivity index is 2.08. The van der Waals surface area contributed by atoms with Crippen molar-refractivity contribution in [1.82, 2.24) is 10.2 Å². The fourth-order valence-electron chi connectivity index (χ4n) is 3.90. The number of nitrogens with zero attached hydrogens (tertiary/aromatic N) is 1. The molecule has 0 saturated carbocycles. The van der Waals surface area contributed by atoms with E-state index in [-0.39, 0.29) is 18.1 Å². The fraction of sp³-hybridized carbons (Fsp3) is 0.609. The van der Waals surface area contributed by atoms with Crippen LogP contribution in [0.3, 0.4) is 0 Å². The van der Waals surface area contributed by atoms with Crippen LogP contribution in [0.1, 0.15) is 35.2 Å². The molecule has 1 aliphatic rings. The molecule has 8 heteroatoms. The van der Waals surface area contributed by atoms with Crippen molar-refractivity contribution < 1.29 is 23.4 Å². The lowest BCUT2D eigenvalue weighted by Gasteiger charge is -2.23. The van der Waals surface area contributed by atoms with Gasteiger partial charge in [0.25, 0.3) is 5.91 Å². The van der Waals surface area contributed by atoms with Crippen molar-refractivity contribution in [3.63, 3.8) is 0 Å². The van der Waals surface area contributed by atoms with Crippen LogP contribution in [-0.4, -0.2) is 76.6 Å². The van der Waals surface area contributed by atoms with Gasteiger partial charge in [-0.05, 0) is 49.9 Å². The van der Waals surface area contributed by atoms with Crippen LogP contribution in [0.25, 0.3) is 0 Å². The SMILES string of the molecule is C=CCN1C[C@H](OCCCN)C[C@@H]1CNC(=O)c1cc(CCCF)cc(OC)c1OC. The Kier molecular flexibility index (Phi) is 10.8. The third-order valence-corrected chi connectivity index (χ3v) is 5.44. The van der Waals surface area contributed by atoms with E-state index in [1.807, 2.05) is 6.08 Å². The zero-order valence-electron chi connectivity index (χ0n) is 18.7. The minimum atomic E-state index is -0.411. The number of nitrogens with one attached hydrogen (secondary N) is 1. The van der Waals surface area contributed by atoms with Crippen LogP contribution in [0.15, 0.2) is 24.8 Å². The van der Waals surface area contributed by atoms with Gasteiger partial charge in [0.1, 0.15) is 0 Å². The predicted molar refractivity (Wildman–Crippen MR) is 120 cm³/mol. The number of rotatable bonds is 14. The van der Waals surface area contributed by atoms with Gasteiger partial charge in [0.2, 0.25) is 0 Å². The third kappa shape index (κ3) is 7.19. The number of aryl methyl sites for hydroxylation is 1. The van der Waals surface area contributed by atoms with Gasteiger partial charge in [-0.2, -0.15) is 0 Å². The summed E-state index contributed by atoms with van der Waals surface area (Å²) in [6.45, 7) is 6.68. The predicted octanol–water partition coefficient (Wildman–Crippen LogP) is 2.33. The van der Waals surface area contributed by atoms with Gasteiger partial charge in [0.05, 0.1) is 32.6 Å². The number of ether oxygens (including phenoxy) is 3. The number of hydrogen-bond acceptors (Lipinski definition) is 6. The molecule has 0 bridgehead atoms. The van der Waals surface area contributed by atoms with Crippen LogP contribution in [-0.2, 0) is 11.2 Å². The Labute approximate surface area is 184 Å². The second-order valence-electron chi connectivity index (χ2n) is 7.65. The number of carbonyl (C=O) groups is 1. The number of likely N-dealkylation sites (tertiary alicyclic amines) is 1. The van der Waals surface area contributed by atoms with Crippen molar-refractivity contribution in [1.29, 1.82) is 0 Å². The second-order valence-corrected chi connectivity index (χ2v) is 7.65. The van der Waals surface area contributed by atoms with E-state index in [9.17, 15) is 9.18 Å². The van der Waals surface area contributed by atoms with Gasteiger partial charge < -0.3 is 25.3 Å². The molecule has 7 nitrogen and oxygen atoms in total. The summed E-state index contributed by atoms with van der Waals surface area (Å²) < 4.78 is 29.4. The van der Waals surface area contributed by atoms with Crippen molar-refractivity contribution in [2.75, 3.05) is 53.7 Å². The zero-order valence-corrected chi connectivity index (χ0v) is 18.7. The number of hydrogen-bond donors (Lipinski definition) is 2. The summed E-state index contributed by atoms with van der Waals surface area (Å²) in [4.78, 5) is 15.3. The molecule has 1 aliphatic heterocycles. The number of benzene rings is 1. The molecule has 0 aliphatic carbocycles. The van der Waals surface area contributed by atoms with E-state index < -0.39 is 6.67 Å². The van der Waals surface area contributed by atoms with Gasteiger partial charge in [-0.25, -0.2) is 0 Å². The number of halogens is 1. The van der Waals surface area contributed by atoms with Crippen LogP contribution < -0.4 is 20.5 Å². The Hall–Kier alpha value is -2.16. The van der Waals surface area contributed by atoms with Crippen molar-refractivity contribution >= 4 is 5.91 Å². The van der Waals surface area contributed by atoms with E-state index >= 15 is 0 Å². The Morgan fingerprint density at radius 1 is 1.35 bits per heavy atom. The maximum atomic E-state index is 13.0. The monoisotopic (exact) mass is 437 g/mol. The standard InChI is InChI=1S/C23H36FN3O4/c1-4-10-27-16-19(31-11-6-9-25)14-18(27)15-26-23(28)20-12-17(7-5-8-24)13-21(29-2)22(20)30-3/h4,12-13,18-19H,1,5-11,14-16,25H2,2-3H3,(H,26,28)/t18-,19-/m1/s1. The van der Waals surface area contributed by atoms with Crippen LogP contribution in [0, 0.1) is 0 Å². The molecule has 0 spiro atoms. The number of carbonyl (C=O) groups excluding carboxylic acids is 1. The van der Waals surface area contributed by atoms with Crippen LogP contribution in [0.4, 0.5) is 4.39 Å². The quantitative estimate of drug-likeness (QED) is 0.343. The molecule has 3 N–H and O–H groups in total. The van der Waals surface area contributed by atoms with Crippen LogP contribution in [0.5, 0.6) is 11.5 Å². The molecule has 1 fully saturated rings. The number of methoxy groups -OCH3 is 2. The van der Waals surface area contributed by atoms with Crippen LogP contribution in [0.2, 0.25) is 0 Å². The van der Waals surface area contributed by atoms with E-state index in [0.717, 1.165) is 31.5 Å². The normalized spacial score (nSPS) is 18.7. The Morgan fingerprint density at radius 3 is 2.81 bits per heavy atom. The molecule has 0 aromatic heterocycles. The first-order valence-corrected chi connectivity index (χ1v) is 10.8. The van der Waals surface area contributed by atoms with E-state index in [1.165, 1.54) is 14.2 Å². The van der Waals surface area contributed by atoms with Crippen LogP contribution >= 0.6 is 0 Å². The highest BCUT2D eigenvalue weighted by molar-refractivity contribution is 5.98. The van der Waals surface area contributed by atoms with Gasteiger partial charge in [-0.1, -0.05) is 6.08 Å².